The summed E-state index contributed by atoms with van der Waals surface area (Å²) in [6, 6.07) is 17.0. The van der Waals surface area contributed by atoms with Gasteiger partial charge in [0.05, 0.1) is 16.3 Å². The molecule has 3 rings (SSSR count). The van der Waals surface area contributed by atoms with Gasteiger partial charge in [0.1, 0.15) is 0 Å². The van der Waals surface area contributed by atoms with Gasteiger partial charge in [0.2, 0.25) is 0 Å². The average Bonchev–Trinajstić information content (AvgIpc) is 2.97. The lowest BCUT2D eigenvalue weighted by atomic mass is 10.1. The summed E-state index contributed by atoms with van der Waals surface area (Å²) in [5.74, 6) is -0.901. The summed E-state index contributed by atoms with van der Waals surface area (Å²) in [6.45, 7) is 0. The van der Waals surface area contributed by atoms with Crippen molar-refractivity contribution in [2.75, 3.05) is 0 Å². The lowest BCUT2D eigenvalue weighted by Gasteiger charge is -1.99. The zero-order valence-electron chi connectivity index (χ0n) is 11.2. The van der Waals surface area contributed by atoms with Crippen molar-refractivity contribution < 1.29 is 9.90 Å². The molecule has 0 unspecified atom stereocenters. The number of benzene rings is 2. The molecule has 0 aliphatic carbocycles. The van der Waals surface area contributed by atoms with E-state index in [1.54, 1.807) is 23.5 Å². The first-order valence-corrected chi connectivity index (χ1v) is 7.42. The van der Waals surface area contributed by atoms with E-state index < -0.39 is 5.97 Å². The van der Waals surface area contributed by atoms with Gasteiger partial charge in [-0.05, 0) is 17.7 Å². The third-order valence-corrected chi connectivity index (χ3v) is 4.03. The van der Waals surface area contributed by atoms with Gasteiger partial charge in [0.25, 0.3) is 0 Å². The molecule has 1 aromatic heterocycles. The van der Waals surface area contributed by atoms with Crippen molar-refractivity contribution in [2.24, 2.45) is 0 Å². The highest BCUT2D eigenvalue weighted by Crippen LogP contribution is 2.23. The summed E-state index contributed by atoms with van der Waals surface area (Å²) in [7, 11) is 0. The number of carbonyl (C=O) groups is 1. The van der Waals surface area contributed by atoms with Crippen LogP contribution in [0.15, 0.2) is 60.0 Å². The largest absolute Gasteiger partial charge is 0.478 e. The van der Waals surface area contributed by atoms with E-state index in [2.05, 4.69) is 10.4 Å². The number of hydrogen-bond acceptors (Lipinski definition) is 3. The van der Waals surface area contributed by atoms with Gasteiger partial charge >= 0.3 is 5.97 Å². The average molecular weight is 295 g/mol. The summed E-state index contributed by atoms with van der Waals surface area (Å²) in [6.07, 6.45) is 0.720. The predicted octanol–water partition coefficient (Wildman–Crippen LogP) is 4.10. The van der Waals surface area contributed by atoms with Crippen molar-refractivity contribution in [3.63, 3.8) is 0 Å². The summed E-state index contributed by atoms with van der Waals surface area (Å²) in [5, 5.41) is 12.0. The molecule has 3 nitrogen and oxygen atoms in total. The molecule has 0 aliphatic heterocycles. The molecule has 0 saturated heterocycles. The zero-order chi connectivity index (χ0) is 14.7. The Balaban J connectivity index is 1.77. The van der Waals surface area contributed by atoms with E-state index in [1.807, 2.05) is 42.5 Å². The maximum absolute atomic E-state index is 10.8. The molecule has 0 radical (unpaired) electrons. The summed E-state index contributed by atoms with van der Waals surface area (Å²) >= 11 is 1.62. The van der Waals surface area contributed by atoms with Crippen LogP contribution in [-0.4, -0.2) is 16.1 Å². The monoisotopic (exact) mass is 295 g/mol. The molecular weight excluding hydrogens is 282 g/mol. The van der Waals surface area contributed by atoms with Crippen LogP contribution in [-0.2, 0) is 6.42 Å². The van der Waals surface area contributed by atoms with Crippen LogP contribution in [0.3, 0.4) is 0 Å². The standard InChI is InChI=1S/C17H13NO2S/c19-17(20)14-8-6-12(7-9-14)10-16-18-15(11-21-16)13-4-2-1-3-5-13/h1-9,11H,10H2,(H,19,20). The fraction of sp³-hybridized carbons (Fsp3) is 0.0588. The van der Waals surface area contributed by atoms with Crippen LogP contribution < -0.4 is 0 Å². The Morgan fingerprint density at radius 3 is 2.43 bits per heavy atom. The van der Waals surface area contributed by atoms with E-state index in [0.717, 1.165) is 28.2 Å². The van der Waals surface area contributed by atoms with Crippen LogP contribution >= 0.6 is 11.3 Å². The maximum Gasteiger partial charge on any atom is 0.335 e. The quantitative estimate of drug-likeness (QED) is 0.788. The summed E-state index contributed by atoms with van der Waals surface area (Å²) < 4.78 is 0. The number of aromatic carboxylic acids is 1. The molecule has 0 atom stereocenters. The van der Waals surface area contributed by atoms with Gasteiger partial charge in [-0.15, -0.1) is 11.3 Å². The highest BCUT2D eigenvalue weighted by Gasteiger charge is 2.06. The van der Waals surface area contributed by atoms with Gasteiger partial charge in [-0.3, -0.25) is 0 Å². The van der Waals surface area contributed by atoms with Crippen molar-refractivity contribution in [1.82, 2.24) is 4.98 Å². The normalized spacial score (nSPS) is 10.5. The van der Waals surface area contributed by atoms with E-state index in [9.17, 15) is 4.79 Å². The first kappa shape index (κ1) is 13.5. The number of nitrogens with zero attached hydrogens (tertiary/aromatic N) is 1. The van der Waals surface area contributed by atoms with E-state index in [4.69, 9.17) is 5.11 Å². The molecular formula is C17H13NO2S. The smallest absolute Gasteiger partial charge is 0.335 e. The number of thiazole rings is 1. The van der Waals surface area contributed by atoms with E-state index >= 15 is 0 Å². The van der Waals surface area contributed by atoms with E-state index in [-0.39, 0.29) is 0 Å². The highest BCUT2D eigenvalue weighted by atomic mass is 32.1. The molecule has 104 valence electrons. The molecule has 2 aromatic carbocycles. The zero-order valence-corrected chi connectivity index (χ0v) is 12.0. The predicted molar refractivity (Wildman–Crippen MR) is 83.8 cm³/mol. The van der Waals surface area contributed by atoms with Crippen molar-refractivity contribution >= 4 is 17.3 Å². The summed E-state index contributed by atoms with van der Waals surface area (Å²) in [4.78, 5) is 15.5. The van der Waals surface area contributed by atoms with Gasteiger partial charge in [-0.2, -0.15) is 0 Å². The lowest BCUT2D eigenvalue weighted by molar-refractivity contribution is 0.0697. The third kappa shape index (κ3) is 3.17. The van der Waals surface area contributed by atoms with Gasteiger partial charge in [-0.25, -0.2) is 9.78 Å². The summed E-state index contributed by atoms with van der Waals surface area (Å²) in [5.41, 5.74) is 3.47. The highest BCUT2D eigenvalue weighted by molar-refractivity contribution is 7.10. The number of rotatable bonds is 4. The molecule has 0 fully saturated rings. The second-order valence-electron chi connectivity index (χ2n) is 4.67. The third-order valence-electron chi connectivity index (χ3n) is 3.18. The minimum Gasteiger partial charge on any atom is -0.478 e. The molecule has 21 heavy (non-hydrogen) atoms. The Hall–Kier alpha value is -2.46. The fourth-order valence-electron chi connectivity index (χ4n) is 2.07. The maximum atomic E-state index is 10.8. The molecule has 0 aliphatic rings. The molecule has 3 aromatic rings. The van der Waals surface area contributed by atoms with Crippen LogP contribution in [0.2, 0.25) is 0 Å². The number of hydrogen-bond donors (Lipinski definition) is 1. The van der Waals surface area contributed by atoms with Crippen molar-refractivity contribution in [2.45, 2.75) is 6.42 Å². The van der Waals surface area contributed by atoms with Crippen LogP contribution in [0.5, 0.6) is 0 Å². The molecule has 0 spiro atoms. The molecule has 1 N–H and O–H groups in total. The molecule has 0 bridgehead atoms. The Bertz CT molecular complexity index is 748. The van der Waals surface area contributed by atoms with Gasteiger partial charge < -0.3 is 5.11 Å². The number of aromatic nitrogens is 1. The molecule has 0 amide bonds. The second kappa shape index (κ2) is 5.89. The van der Waals surface area contributed by atoms with E-state index in [0.29, 0.717) is 5.56 Å². The Kier molecular flexibility index (Phi) is 3.79. The first-order chi connectivity index (χ1) is 10.2. The number of carboxylic acids is 1. The molecule has 0 saturated carbocycles. The minimum absolute atomic E-state index is 0.308. The minimum atomic E-state index is -0.901. The van der Waals surface area contributed by atoms with Crippen LogP contribution in [0.25, 0.3) is 11.3 Å². The lowest BCUT2D eigenvalue weighted by Crippen LogP contribution is -1.96. The van der Waals surface area contributed by atoms with Crippen LogP contribution in [0, 0.1) is 0 Å². The van der Waals surface area contributed by atoms with Gasteiger partial charge in [-0.1, -0.05) is 42.5 Å². The number of carboxylic acid groups (broad SMARTS) is 1. The fourth-order valence-corrected chi connectivity index (χ4v) is 2.91. The Labute approximate surface area is 126 Å². The van der Waals surface area contributed by atoms with E-state index in [1.165, 1.54) is 0 Å². The molecule has 1 heterocycles. The van der Waals surface area contributed by atoms with Crippen LogP contribution in [0.4, 0.5) is 0 Å². The van der Waals surface area contributed by atoms with Crippen molar-refractivity contribution in [3.8, 4) is 11.3 Å². The van der Waals surface area contributed by atoms with Gasteiger partial charge in [0.15, 0.2) is 0 Å². The molecule has 4 heteroatoms. The Morgan fingerprint density at radius 2 is 1.76 bits per heavy atom. The second-order valence-corrected chi connectivity index (χ2v) is 5.61. The Morgan fingerprint density at radius 1 is 1.05 bits per heavy atom. The van der Waals surface area contributed by atoms with Crippen molar-refractivity contribution in [3.05, 3.63) is 76.1 Å². The topological polar surface area (TPSA) is 50.2 Å². The van der Waals surface area contributed by atoms with Crippen LogP contribution in [0.1, 0.15) is 20.9 Å². The SMILES string of the molecule is O=C(O)c1ccc(Cc2nc(-c3ccccc3)cs2)cc1. The van der Waals surface area contributed by atoms with Gasteiger partial charge in [0, 0.05) is 17.4 Å². The van der Waals surface area contributed by atoms with Crippen molar-refractivity contribution in [1.29, 1.82) is 0 Å². The first-order valence-electron chi connectivity index (χ1n) is 6.54.